The molecule has 2 N–H and O–H groups in total. The number of nitrogens with zero attached hydrogens (tertiary/aromatic N) is 2. The first-order chi connectivity index (χ1) is 6.75. The van der Waals surface area contributed by atoms with E-state index in [1.165, 1.54) is 0 Å². The minimum Gasteiger partial charge on any atom is -0.382 e. The number of nitrogen functional groups attached to an aromatic ring is 1. The highest BCUT2D eigenvalue weighted by Gasteiger charge is 2.37. The molecule has 2 aliphatic heterocycles. The van der Waals surface area contributed by atoms with Crippen molar-refractivity contribution in [1.29, 1.82) is 0 Å². The van der Waals surface area contributed by atoms with Gasteiger partial charge in [-0.1, -0.05) is 11.6 Å². The highest BCUT2D eigenvalue weighted by atomic mass is 35.5. The van der Waals surface area contributed by atoms with Crippen LogP contribution in [-0.4, -0.2) is 16.3 Å². The summed E-state index contributed by atoms with van der Waals surface area (Å²) in [4.78, 5) is 0. The van der Waals surface area contributed by atoms with Crippen LogP contribution >= 0.6 is 11.6 Å². The highest BCUT2D eigenvalue weighted by molar-refractivity contribution is 6.30. The van der Waals surface area contributed by atoms with Gasteiger partial charge in [-0.25, -0.2) is 0 Å². The van der Waals surface area contributed by atoms with Crippen LogP contribution in [0.5, 0.6) is 0 Å². The molecule has 2 aliphatic rings. The molecule has 3 rings (SSSR count). The van der Waals surface area contributed by atoms with Crippen LogP contribution in [0.4, 0.5) is 5.82 Å². The van der Waals surface area contributed by atoms with Crippen LogP contribution in [0.25, 0.3) is 0 Å². The molecule has 0 spiro atoms. The fourth-order valence-electron chi connectivity index (χ4n) is 2.33. The minimum absolute atomic E-state index is 0.0942. The Morgan fingerprint density at radius 3 is 3.07 bits per heavy atom. The summed E-state index contributed by atoms with van der Waals surface area (Å²) in [6.45, 7) is 0. The molecule has 4 nitrogen and oxygen atoms in total. The molecular formula is C9H10ClN3O. The van der Waals surface area contributed by atoms with Gasteiger partial charge in [-0.2, -0.15) is 0 Å². The summed E-state index contributed by atoms with van der Waals surface area (Å²) in [6, 6.07) is 0. The average molecular weight is 212 g/mol. The normalized spacial score (nSPS) is 28.9. The Kier molecular flexibility index (Phi) is 1.69. The first kappa shape index (κ1) is 8.44. The van der Waals surface area contributed by atoms with E-state index < -0.39 is 0 Å². The zero-order chi connectivity index (χ0) is 9.71. The maximum absolute atomic E-state index is 5.99. The van der Waals surface area contributed by atoms with E-state index in [9.17, 15) is 0 Å². The molecule has 0 amide bonds. The third-order valence-electron chi connectivity index (χ3n) is 2.96. The summed E-state index contributed by atoms with van der Waals surface area (Å²) < 4.78 is 5.75. The molecule has 3 heterocycles. The molecule has 1 fully saturated rings. The number of hydrogen-bond donors (Lipinski definition) is 1. The lowest BCUT2D eigenvalue weighted by molar-refractivity contribution is 0.0325. The summed E-state index contributed by atoms with van der Waals surface area (Å²) in [6.07, 6.45) is 3.31. The fraction of sp³-hybridized carbons (Fsp3) is 0.556. The Morgan fingerprint density at radius 2 is 2.21 bits per heavy atom. The number of aromatic nitrogens is 2. The van der Waals surface area contributed by atoms with E-state index in [0.29, 0.717) is 17.1 Å². The monoisotopic (exact) mass is 211 g/mol. The number of ether oxygens (including phenoxy) is 1. The lowest BCUT2D eigenvalue weighted by atomic mass is 10.0. The van der Waals surface area contributed by atoms with Gasteiger partial charge in [0, 0.05) is 17.5 Å². The lowest BCUT2D eigenvalue weighted by Gasteiger charge is -2.24. The van der Waals surface area contributed by atoms with Crippen molar-refractivity contribution in [2.45, 2.75) is 31.5 Å². The second-order valence-corrected chi connectivity index (χ2v) is 4.15. The standard InChI is InChI=1S/C9H10ClN3O/c10-8-5-3-4-1-2-6(14-4)7(5)9(11)13-12-8/h4,6H,1-3H2,(H2,11,13)/t4?,6-/m1/s1. The van der Waals surface area contributed by atoms with Crippen molar-refractivity contribution in [3.8, 4) is 0 Å². The SMILES string of the molecule is Nc1nnc(Cl)c2c1[C@H]1CCC(C2)O1. The fourth-order valence-corrected chi connectivity index (χ4v) is 2.54. The number of nitrogens with two attached hydrogens (primary N) is 1. The Morgan fingerprint density at radius 1 is 1.36 bits per heavy atom. The number of anilines is 1. The van der Waals surface area contributed by atoms with Gasteiger partial charge >= 0.3 is 0 Å². The molecule has 2 atom stereocenters. The Balaban J connectivity index is 2.21. The van der Waals surface area contributed by atoms with E-state index in [1.54, 1.807) is 0 Å². The van der Waals surface area contributed by atoms with Crippen molar-refractivity contribution in [1.82, 2.24) is 10.2 Å². The number of fused-ring (bicyclic) bond motifs is 4. The number of hydrogen-bond acceptors (Lipinski definition) is 4. The summed E-state index contributed by atoms with van der Waals surface area (Å²) in [7, 11) is 0. The van der Waals surface area contributed by atoms with Crippen LogP contribution < -0.4 is 5.73 Å². The van der Waals surface area contributed by atoms with E-state index in [-0.39, 0.29) is 6.10 Å². The molecule has 0 radical (unpaired) electrons. The molecule has 0 saturated carbocycles. The molecular weight excluding hydrogens is 202 g/mol. The molecule has 1 aromatic rings. The van der Waals surface area contributed by atoms with Gasteiger partial charge in [-0.15, -0.1) is 10.2 Å². The topological polar surface area (TPSA) is 61.0 Å². The molecule has 5 heteroatoms. The molecule has 1 saturated heterocycles. The van der Waals surface area contributed by atoms with E-state index in [0.717, 1.165) is 30.4 Å². The van der Waals surface area contributed by atoms with Gasteiger partial charge in [0.05, 0.1) is 12.2 Å². The Hall–Kier alpha value is -0.870. The predicted molar refractivity (Wildman–Crippen MR) is 52.0 cm³/mol. The van der Waals surface area contributed by atoms with Crippen molar-refractivity contribution in [2.75, 3.05) is 5.73 Å². The van der Waals surface area contributed by atoms with Crippen LogP contribution in [0.2, 0.25) is 5.15 Å². The Bertz CT molecular complexity index is 396. The van der Waals surface area contributed by atoms with E-state index in [1.807, 2.05) is 0 Å². The van der Waals surface area contributed by atoms with E-state index in [4.69, 9.17) is 22.1 Å². The first-order valence-electron chi connectivity index (χ1n) is 4.71. The minimum atomic E-state index is 0.0942. The van der Waals surface area contributed by atoms with Gasteiger partial charge in [0.1, 0.15) is 0 Å². The summed E-state index contributed by atoms with van der Waals surface area (Å²) in [5.74, 6) is 0.467. The van der Waals surface area contributed by atoms with E-state index >= 15 is 0 Å². The number of rotatable bonds is 0. The summed E-state index contributed by atoms with van der Waals surface area (Å²) >= 11 is 5.99. The smallest absolute Gasteiger partial charge is 0.155 e. The van der Waals surface area contributed by atoms with Crippen molar-refractivity contribution >= 4 is 17.4 Å². The largest absolute Gasteiger partial charge is 0.382 e. The Labute approximate surface area is 86.4 Å². The second kappa shape index (κ2) is 2.81. The third-order valence-corrected chi connectivity index (χ3v) is 3.26. The molecule has 74 valence electrons. The van der Waals surface area contributed by atoms with Crippen molar-refractivity contribution in [3.05, 3.63) is 16.3 Å². The van der Waals surface area contributed by atoms with Gasteiger partial charge in [0.25, 0.3) is 0 Å². The zero-order valence-corrected chi connectivity index (χ0v) is 8.29. The predicted octanol–water partition coefficient (Wildman–Crippen LogP) is 1.49. The van der Waals surface area contributed by atoms with Crippen molar-refractivity contribution < 1.29 is 4.74 Å². The zero-order valence-electron chi connectivity index (χ0n) is 7.53. The van der Waals surface area contributed by atoms with Crippen molar-refractivity contribution in [2.24, 2.45) is 0 Å². The van der Waals surface area contributed by atoms with Gasteiger partial charge in [-0.3, -0.25) is 0 Å². The second-order valence-electron chi connectivity index (χ2n) is 3.80. The van der Waals surface area contributed by atoms with Crippen LogP contribution in [-0.2, 0) is 11.2 Å². The molecule has 2 bridgehead atoms. The summed E-state index contributed by atoms with van der Waals surface area (Å²) in [5.41, 5.74) is 7.79. The van der Waals surface area contributed by atoms with Crippen LogP contribution in [0.15, 0.2) is 0 Å². The van der Waals surface area contributed by atoms with Crippen LogP contribution in [0, 0.1) is 0 Å². The van der Waals surface area contributed by atoms with Crippen LogP contribution in [0.3, 0.4) is 0 Å². The van der Waals surface area contributed by atoms with Gasteiger partial charge in [-0.05, 0) is 12.8 Å². The molecule has 0 aromatic carbocycles. The average Bonchev–Trinajstić information content (AvgIpc) is 2.54. The van der Waals surface area contributed by atoms with Gasteiger partial charge in [0.15, 0.2) is 11.0 Å². The van der Waals surface area contributed by atoms with Crippen LogP contribution in [0.1, 0.15) is 30.1 Å². The molecule has 0 aliphatic carbocycles. The maximum atomic E-state index is 5.99. The molecule has 14 heavy (non-hydrogen) atoms. The van der Waals surface area contributed by atoms with Crippen molar-refractivity contribution in [3.63, 3.8) is 0 Å². The molecule has 1 aromatic heterocycles. The number of halogens is 1. The van der Waals surface area contributed by atoms with Gasteiger partial charge in [0.2, 0.25) is 0 Å². The maximum Gasteiger partial charge on any atom is 0.155 e. The third kappa shape index (κ3) is 1.04. The first-order valence-corrected chi connectivity index (χ1v) is 5.09. The van der Waals surface area contributed by atoms with Gasteiger partial charge < -0.3 is 10.5 Å². The van der Waals surface area contributed by atoms with E-state index in [2.05, 4.69) is 10.2 Å². The summed E-state index contributed by atoms with van der Waals surface area (Å²) in [5, 5.41) is 8.13. The highest BCUT2D eigenvalue weighted by Crippen LogP contribution is 2.44. The quantitative estimate of drug-likeness (QED) is 0.706. The lowest BCUT2D eigenvalue weighted by Crippen LogP contribution is -2.20. The molecule has 1 unspecified atom stereocenters.